The van der Waals surface area contributed by atoms with Crippen molar-refractivity contribution in [3.63, 3.8) is 0 Å². The van der Waals surface area contributed by atoms with E-state index in [0.717, 1.165) is 21.9 Å². The lowest BCUT2D eigenvalue weighted by Crippen LogP contribution is -2.51. The maximum atomic E-state index is 13.9. The average molecular weight is 586 g/mol. The second-order valence-electron chi connectivity index (χ2n) is 9.37. The zero-order valence-electron chi connectivity index (χ0n) is 23.3. The number of nitrogens with zero attached hydrogens (tertiary/aromatic N) is 2. The van der Waals surface area contributed by atoms with E-state index in [2.05, 4.69) is 5.32 Å². The summed E-state index contributed by atoms with van der Waals surface area (Å²) in [4.78, 5) is 28.3. The Labute approximate surface area is 241 Å². The number of ether oxygens (including phenoxy) is 1. The van der Waals surface area contributed by atoms with Crippen LogP contribution in [0.2, 0.25) is 5.02 Å². The van der Waals surface area contributed by atoms with Crippen LogP contribution in [0.1, 0.15) is 38.3 Å². The molecule has 0 radical (unpaired) electrons. The molecule has 3 aromatic rings. The number of sulfonamides is 1. The number of nitrogens with one attached hydrogen (secondary N) is 1. The molecule has 0 aliphatic carbocycles. The van der Waals surface area contributed by atoms with E-state index in [9.17, 15) is 18.0 Å². The molecule has 0 bridgehead atoms. The maximum absolute atomic E-state index is 13.9. The van der Waals surface area contributed by atoms with Crippen molar-refractivity contribution in [3.05, 3.63) is 88.9 Å². The fourth-order valence-corrected chi connectivity index (χ4v) is 5.66. The molecule has 0 unspecified atom stereocenters. The van der Waals surface area contributed by atoms with Crippen LogP contribution in [0, 0.1) is 6.92 Å². The van der Waals surface area contributed by atoms with Crippen LogP contribution in [0.5, 0.6) is 5.75 Å². The molecule has 0 aliphatic rings. The molecule has 10 heteroatoms. The van der Waals surface area contributed by atoms with Gasteiger partial charge in [0.05, 0.1) is 17.2 Å². The molecule has 0 spiro atoms. The summed E-state index contributed by atoms with van der Waals surface area (Å²) in [6.07, 6.45) is 0.745. The topological polar surface area (TPSA) is 96.0 Å². The molecule has 214 valence electrons. The lowest BCUT2D eigenvalue weighted by atomic mass is 10.1. The molecule has 1 atom stereocenters. The normalized spacial score (nSPS) is 11.9. The molecular weight excluding hydrogens is 550 g/mol. The molecule has 0 saturated heterocycles. The van der Waals surface area contributed by atoms with Gasteiger partial charge in [-0.3, -0.25) is 13.9 Å². The Morgan fingerprint density at radius 2 is 1.68 bits per heavy atom. The fourth-order valence-electron chi connectivity index (χ4n) is 4.12. The first kappa shape index (κ1) is 31.0. The van der Waals surface area contributed by atoms with Gasteiger partial charge in [0.2, 0.25) is 11.8 Å². The second kappa shape index (κ2) is 14.2. The maximum Gasteiger partial charge on any atom is 0.264 e. The number of amides is 2. The number of rotatable bonds is 13. The van der Waals surface area contributed by atoms with E-state index in [1.807, 2.05) is 45.0 Å². The van der Waals surface area contributed by atoms with E-state index in [1.165, 1.54) is 29.2 Å². The fraction of sp³-hybridized carbons (Fsp3) is 0.333. The van der Waals surface area contributed by atoms with E-state index >= 15 is 0 Å². The van der Waals surface area contributed by atoms with Crippen LogP contribution in [-0.2, 0) is 26.2 Å². The van der Waals surface area contributed by atoms with E-state index in [1.54, 1.807) is 31.2 Å². The summed E-state index contributed by atoms with van der Waals surface area (Å²) >= 11 is 6.00. The number of hydrogen-bond acceptors (Lipinski definition) is 5. The second-order valence-corrected chi connectivity index (χ2v) is 11.7. The van der Waals surface area contributed by atoms with Gasteiger partial charge in [0.25, 0.3) is 10.0 Å². The Kier molecular flexibility index (Phi) is 11.0. The van der Waals surface area contributed by atoms with Crippen LogP contribution in [-0.4, -0.2) is 50.9 Å². The number of benzene rings is 3. The molecule has 8 nitrogen and oxygen atoms in total. The van der Waals surface area contributed by atoms with Crippen molar-refractivity contribution in [1.82, 2.24) is 10.2 Å². The third-order valence-corrected chi connectivity index (χ3v) is 8.31. The molecule has 0 saturated carbocycles. The predicted octanol–water partition coefficient (Wildman–Crippen LogP) is 5.19. The molecule has 0 aliphatic heterocycles. The first-order valence-electron chi connectivity index (χ1n) is 13.2. The van der Waals surface area contributed by atoms with E-state index in [0.29, 0.717) is 23.9 Å². The summed E-state index contributed by atoms with van der Waals surface area (Å²) in [6, 6.07) is 19.0. The molecule has 0 heterocycles. The van der Waals surface area contributed by atoms with Crippen LogP contribution in [0.15, 0.2) is 77.7 Å². The number of aryl methyl sites for hydroxylation is 1. The highest BCUT2D eigenvalue weighted by molar-refractivity contribution is 7.92. The van der Waals surface area contributed by atoms with Crippen molar-refractivity contribution in [2.45, 2.75) is 51.6 Å². The third kappa shape index (κ3) is 7.99. The minimum absolute atomic E-state index is 0.0162. The van der Waals surface area contributed by atoms with Crippen LogP contribution in [0.3, 0.4) is 0 Å². The molecule has 0 aromatic heterocycles. The number of anilines is 1. The number of halogens is 1. The van der Waals surface area contributed by atoms with Crippen molar-refractivity contribution in [2.75, 3.05) is 24.0 Å². The highest BCUT2D eigenvalue weighted by atomic mass is 35.5. The molecule has 40 heavy (non-hydrogen) atoms. The Morgan fingerprint density at radius 3 is 2.27 bits per heavy atom. The number of carbonyl (C=O) groups is 2. The van der Waals surface area contributed by atoms with Crippen LogP contribution in [0.4, 0.5) is 5.69 Å². The summed E-state index contributed by atoms with van der Waals surface area (Å²) in [6.45, 7) is 7.93. The standard InChI is InChI=1S/C30H36ClN3O5S/c1-5-18-32-30(36)23(4)33(20-24-9-7-8-22(3)19-24)29(35)21-34(26-12-14-27(15-13-26)39-6-2)40(37,38)28-16-10-25(31)11-17-28/h7-17,19,23H,5-6,18,20-21H2,1-4H3,(H,32,36)/t23-/m0/s1. The third-order valence-electron chi connectivity index (χ3n) is 6.27. The quantitative estimate of drug-likeness (QED) is 0.298. The number of hydrogen-bond donors (Lipinski definition) is 1. The smallest absolute Gasteiger partial charge is 0.264 e. The minimum Gasteiger partial charge on any atom is -0.494 e. The molecule has 3 rings (SSSR count). The molecular formula is C30H36ClN3O5S. The van der Waals surface area contributed by atoms with Gasteiger partial charge >= 0.3 is 0 Å². The van der Waals surface area contributed by atoms with Crippen molar-refractivity contribution >= 4 is 39.1 Å². The van der Waals surface area contributed by atoms with Gasteiger partial charge < -0.3 is 15.0 Å². The van der Waals surface area contributed by atoms with Crippen LogP contribution in [0.25, 0.3) is 0 Å². The molecule has 0 fully saturated rings. The largest absolute Gasteiger partial charge is 0.494 e. The van der Waals surface area contributed by atoms with Crippen molar-refractivity contribution in [3.8, 4) is 5.75 Å². The summed E-state index contributed by atoms with van der Waals surface area (Å²) in [5.41, 5.74) is 2.12. The Hall–Kier alpha value is -3.56. The first-order valence-corrected chi connectivity index (χ1v) is 15.0. The van der Waals surface area contributed by atoms with Gasteiger partial charge in [-0.25, -0.2) is 8.42 Å². The SMILES string of the molecule is CCCNC(=O)[C@H](C)N(Cc1cccc(C)c1)C(=O)CN(c1ccc(OCC)cc1)S(=O)(=O)c1ccc(Cl)cc1. The minimum atomic E-state index is -4.18. The summed E-state index contributed by atoms with van der Waals surface area (Å²) in [5, 5.41) is 3.23. The van der Waals surface area contributed by atoms with E-state index in [4.69, 9.17) is 16.3 Å². The predicted molar refractivity (Wildman–Crippen MR) is 158 cm³/mol. The molecule has 2 amide bonds. The van der Waals surface area contributed by atoms with Crippen molar-refractivity contribution in [2.24, 2.45) is 0 Å². The van der Waals surface area contributed by atoms with Crippen molar-refractivity contribution in [1.29, 1.82) is 0 Å². The van der Waals surface area contributed by atoms with Gasteiger partial charge in [0.1, 0.15) is 18.3 Å². The van der Waals surface area contributed by atoms with Gasteiger partial charge in [0, 0.05) is 18.1 Å². The Balaban J connectivity index is 2.02. The van der Waals surface area contributed by atoms with E-state index < -0.39 is 28.5 Å². The zero-order chi connectivity index (χ0) is 29.3. The lowest BCUT2D eigenvalue weighted by molar-refractivity contribution is -0.139. The first-order chi connectivity index (χ1) is 19.1. The summed E-state index contributed by atoms with van der Waals surface area (Å²) in [7, 11) is -4.18. The average Bonchev–Trinajstić information content (AvgIpc) is 2.93. The Bertz CT molecular complexity index is 1400. The summed E-state index contributed by atoms with van der Waals surface area (Å²) < 4.78 is 34.3. The van der Waals surface area contributed by atoms with Gasteiger partial charge in [-0.05, 0) is 81.3 Å². The molecule has 1 N–H and O–H groups in total. The van der Waals surface area contributed by atoms with E-state index in [-0.39, 0.29) is 23.0 Å². The highest BCUT2D eigenvalue weighted by Crippen LogP contribution is 2.27. The monoisotopic (exact) mass is 585 g/mol. The summed E-state index contributed by atoms with van der Waals surface area (Å²) in [5.74, 6) is -0.258. The van der Waals surface area contributed by atoms with Gasteiger partial charge in [-0.1, -0.05) is 48.4 Å². The van der Waals surface area contributed by atoms with Gasteiger partial charge in [-0.15, -0.1) is 0 Å². The van der Waals surface area contributed by atoms with Gasteiger partial charge in [0.15, 0.2) is 0 Å². The molecule has 3 aromatic carbocycles. The van der Waals surface area contributed by atoms with Crippen molar-refractivity contribution < 1.29 is 22.7 Å². The lowest BCUT2D eigenvalue weighted by Gasteiger charge is -2.32. The van der Waals surface area contributed by atoms with Crippen LogP contribution < -0.4 is 14.4 Å². The highest BCUT2D eigenvalue weighted by Gasteiger charge is 2.32. The number of carbonyl (C=O) groups excluding carboxylic acids is 2. The van der Waals surface area contributed by atoms with Crippen LogP contribution >= 0.6 is 11.6 Å². The Morgan fingerprint density at radius 1 is 1.00 bits per heavy atom. The zero-order valence-corrected chi connectivity index (χ0v) is 24.8. The van der Waals surface area contributed by atoms with Gasteiger partial charge in [-0.2, -0.15) is 0 Å².